The fourth-order valence-electron chi connectivity index (χ4n) is 3.59. The second-order valence-electron chi connectivity index (χ2n) is 7.79. The predicted octanol–water partition coefficient (Wildman–Crippen LogP) is 2.72. The molecule has 9 nitrogen and oxygen atoms in total. The van der Waals surface area contributed by atoms with Gasteiger partial charge in [0.05, 0.1) is 19.3 Å². The molecule has 9 heteroatoms. The quantitative estimate of drug-likeness (QED) is 0.658. The number of urea groups is 1. The molecular weight excluding hydrogens is 396 g/mol. The lowest BCUT2D eigenvalue weighted by Gasteiger charge is -2.27. The summed E-state index contributed by atoms with van der Waals surface area (Å²) in [5.41, 5.74) is 1.80. The monoisotopic (exact) mass is 422 g/mol. The van der Waals surface area contributed by atoms with Crippen LogP contribution in [-0.2, 0) is 4.74 Å². The topological polar surface area (TPSA) is 101 Å². The normalized spacial score (nSPS) is 15.1. The van der Waals surface area contributed by atoms with Crippen LogP contribution in [0, 0.1) is 5.92 Å². The Morgan fingerprint density at radius 1 is 1.06 bits per heavy atom. The molecule has 31 heavy (non-hydrogen) atoms. The molecule has 3 heterocycles. The molecule has 0 bridgehead atoms. The summed E-state index contributed by atoms with van der Waals surface area (Å²) >= 11 is 0. The lowest BCUT2D eigenvalue weighted by molar-refractivity contribution is 0.0303. The number of benzene rings is 1. The van der Waals surface area contributed by atoms with Gasteiger partial charge in [-0.2, -0.15) is 0 Å². The van der Waals surface area contributed by atoms with E-state index in [1.807, 2.05) is 42.6 Å². The van der Waals surface area contributed by atoms with Crippen LogP contribution in [0.15, 0.2) is 48.7 Å². The van der Waals surface area contributed by atoms with Crippen LogP contribution >= 0.6 is 0 Å². The fraction of sp³-hybridized carbons (Fsp3) is 0.364. The molecule has 1 fully saturated rings. The van der Waals surface area contributed by atoms with E-state index in [4.69, 9.17) is 4.74 Å². The highest BCUT2D eigenvalue weighted by Crippen LogP contribution is 2.21. The predicted molar refractivity (Wildman–Crippen MR) is 116 cm³/mol. The molecule has 1 aromatic carbocycles. The molecule has 0 spiro atoms. The molecule has 0 saturated carbocycles. The van der Waals surface area contributed by atoms with Crippen molar-refractivity contribution in [2.45, 2.75) is 19.9 Å². The van der Waals surface area contributed by atoms with Gasteiger partial charge in [0, 0.05) is 30.5 Å². The highest BCUT2D eigenvalue weighted by Gasteiger charge is 2.24. The van der Waals surface area contributed by atoms with Gasteiger partial charge in [0.15, 0.2) is 11.5 Å². The van der Waals surface area contributed by atoms with Crippen molar-refractivity contribution in [3.63, 3.8) is 0 Å². The third kappa shape index (κ3) is 4.66. The number of anilines is 1. The molecule has 1 aliphatic heterocycles. The Labute approximate surface area is 180 Å². The molecule has 0 radical (unpaired) electrons. The third-order valence-electron chi connectivity index (χ3n) is 5.24. The van der Waals surface area contributed by atoms with E-state index < -0.39 is 0 Å². The number of nitrogens with one attached hydrogen (secondary N) is 2. The van der Waals surface area contributed by atoms with Gasteiger partial charge >= 0.3 is 6.03 Å². The minimum atomic E-state index is -0.373. The van der Waals surface area contributed by atoms with Gasteiger partial charge in [-0.3, -0.25) is 9.20 Å². The van der Waals surface area contributed by atoms with Gasteiger partial charge in [0.25, 0.3) is 5.91 Å². The van der Waals surface area contributed by atoms with E-state index >= 15 is 0 Å². The van der Waals surface area contributed by atoms with Crippen LogP contribution in [0.1, 0.15) is 36.1 Å². The van der Waals surface area contributed by atoms with Gasteiger partial charge in [-0.25, -0.2) is 4.79 Å². The van der Waals surface area contributed by atoms with Crippen LogP contribution in [0.2, 0.25) is 0 Å². The molecule has 1 saturated heterocycles. The second-order valence-corrected chi connectivity index (χ2v) is 7.79. The number of fused-ring (bicyclic) bond motifs is 1. The van der Waals surface area contributed by atoms with Crippen molar-refractivity contribution < 1.29 is 14.3 Å². The second kappa shape index (κ2) is 9.13. The number of amides is 3. The number of pyridine rings is 1. The Hall–Kier alpha value is -3.46. The van der Waals surface area contributed by atoms with Gasteiger partial charge in [-0.15, -0.1) is 10.2 Å². The van der Waals surface area contributed by atoms with E-state index in [1.165, 1.54) is 0 Å². The maximum Gasteiger partial charge on any atom is 0.319 e. The summed E-state index contributed by atoms with van der Waals surface area (Å²) in [6.07, 6.45) is 1.88. The largest absolute Gasteiger partial charge is 0.378 e. The fourth-order valence-corrected chi connectivity index (χ4v) is 3.59. The first-order chi connectivity index (χ1) is 15.0. The summed E-state index contributed by atoms with van der Waals surface area (Å²) in [6.45, 7) is 6.24. The Kier molecular flexibility index (Phi) is 6.13. The van der Waals surface area contributed by atoms with Gasteiger partial charge in [0.2, 0.25) is 0 Å². The number of ether oxygens (including phenoxy) is 1. The lowest BCUT2D eigenvalue weighted by atomic mass is 10.0. The van der Waals surface area contributed by atoms with E-state index in [0.717, 1.165) is 5.65 Å². The average Bonchev–Trinajstić information content (AvgIpc) is 3.21. The highest BCUT2D eigenvalue weighted by atomic mass is 16.5. The standard InChI is InChI=1S/C22H26N6O3/c1-15(2)19(20-26-25-18-8-3-4-9-28(18)20)24-22(30)23-17-7-5-6-16(14-17)21(29)27-10-12-31-13-11-27/h3-9,14-15,19H,10-13H2,1-2H3,(H2,23,24,30). The van der Waals surface area contributed by atoms with Crippen molar-refractivity contribution >= 4 is 23.3 Å². The number of carbonyl (C=O) groups excluding carboxylic acids is 2. The zero-order valence-corrected chi connectivity index (χ0v) is 17.6. The first kappa shape index (κ1) is 20.8. The number of hydrogen-bond donors (Lipinski definition) is 2. The van der Waals surface area contributed by atoms with Crippen molar-refractivity contribution in [2.75, 3.05) is 31.6 Å². The summed E-state index contributed by atoms with van der Waals surface area (Å²) in [7, 11) is 0. The minimum absolute atomic E-state index is 0.0673. The van der Waals surface area contributed by atoms with Crippen LogP contribution in [0.5, 0.6) is 0 Å². The van der Waals surface area contributed by atoms with Crippen molar-refractivity contribution in [2.24, 2.45) is 5.92 Å². The SMILES string of the molecule is CC(C)C(NC(=O)Nc1cccc(C(=O)N2CCOCC2)c1)c1nnc2ccccn12. The maximum atomic E-state index is 12.7. The van der Waals surface area contributed by atoms with Gasteiger partial charge in [-0.1, -0.05) is 26.0 Å². The summed E-state index contributed by atoms with van der Waals surface area (Å²) in [6, 6.07) is 11.9. The lowest BCUT2D eigenvalue weighted by Crippen LogP contribution is -2.40. The molecule has 1 unspecified atom stereocenters. The summed E-state index contributed by atoms with van der Waals surface area (Å²) in [4.78, 5) is 27.2. The smallest absolute Gasteiger partial charge is 0.319 e. The van der Waals surface area contributed by atoms with Crippen molar-refractivity contribution in [1.29, 1.82) is 0 Å². The van der Waals surface area contributed by atoms with Crippen molar-refractivity contribution in [1.82, 2.24) is 24.8 Å². The van der Waals surface area contributed by atoms with Crippen LogP contribution in [0.3, 0.4) is 0 Å². The van der Waals surface area contributed by atoms with Gasteiger partial charge in [-0.05, 0) is 36.2 Å². The zero-order valence-electron chi connectivity index (χ0n) is 17.6. The maximum absolute atomic E-state index is 12.7. The number of morpholine rings is 1. The van der Waals surface area contributed by atoms with Gasteiger partial charge < -0.3 is 20.3 Å². The average molecular weight is 422 g/mol. The Bertz CT molecular complexity index is 1070. The molecule has 2 aromatic heterocycles. The van der Waals surface area contributed by atoms with E-state index in [-0.39, 0.29) is 23.9 Å². The number of nitrogens with zero attached hydrogens (tertiary/aromatic N) is 4. The number of aromatic nitrogens is 3. The Morgan fingerprint density at radius 3 is 2.65 bits per heavy atom. The summed E-state index contributed by atoms with van der Waals surface area (Å²) in [5.74, 6) is 0.687. The number of carbonyl (C=O) groups is 2. The van der Waals surface area contributed by atoms with Crippen LogP contribution < -0.4 is 10.6 Å². The minimum Gasteiger partial charge on any atom is -0.378 e. The molecule has 1 atom stereocenters. The van der Waals surface area contributed by atoms with Crippen LogP contribution in [-0.4, -0.2) is 57.7 Å². The van der Waals surface area contributed by atoms with Crippen LogP contribution in [0.25, 0.3) is 5.65 Å². The molecular formula is C22H26N6O3. The summed E-state index contributed by atoms with van der Waals surface area (Å²) in [5, 5.41) is 14.3. The number of hydrogen-bond acceptors (Lipinski definition) is 5. The Balaban J connectivity index is 1.46. The van der Waals surface area contributed by atoms with Crippen LogP contribution in [0.4, 0.5) is 10.5 Å². The number of rotatable bonds is 5. The zero-order chi connectivity index (χ0) is 21.8. The molecule has 4 rings (SSSR count). The molecule has 162 valence electrons. The molecule has 3 amide bonds. The molecule has 2 N–H and O–H groups in total. The van der Waals surface area contributed by atoms with Crippen molar-refractivity contribution in [3.8, 4) is 0 Å². The van der Waals surface area contributed by atoms with E-state index in [2.05, 4.69) is 20.8 Å². The third-order valence-corrected chi connectivity index (χ3v) is 5.24. The van der Waals surface area contributed by atoms with Crippen molar-refractivity contribution in [3.05, 3.63) is 60.0 Å². The molecule has 0 aliphatic carbocycles. The van der Waals surface area contributed by atoms with E-state index in [0.29, 0.717) is 43.4 Å². The molecule has 1 aliphatic rings. The van der Waals surface area contributed by atoms with Gasteiger partial charge in [0.1, 0.15) is 0 Å². The highest BCUT2D eigenvalue weighted by molar-refractivity contribution is 5.97. The first-order valence-corrected chi connectivity index (χ1v) is 10.4. The molecule has 3 aromatic rings. The van der Waals surface area contributed by atoms with E-state index in [9.17, 15) is 9.59 Å². The summed E-state index contributed by atoms with van der Waals surface area (Å²) < 4.78 is 7.17. The Morgan fingerprint density at radius 2 is 1.87 bits per heavy atom. The first-order valence-electron chi connectivity index (χ1n) is 10.4. The van der Waals surface area contributed by atoms with E-state index in [1.54, 1.807) is 29.2 Å².